The number of benzene rings is 1. The van der Waals surface area contributed by atoms with Gasteiger partial charge < -0.3 is 10.4 Å². The number of aliphatic hydroxyl groups is 1. The average Bonchev–Trinajstić information content (AvgIpc) is 2.32. The molecule has 19 heavy (non-hydrogen) atoms. The molecule has 0 heterocycles. The first-order valence-corrected chi connectivity index (χ1v) is 6.25. The van der Waals surface area contributed by atoms with Gasteiger partial charge in [0.25, 0.3) is 5.69 Å². The highest BCUT2D eigenvalue weighted by atomic mass is 35.5. The molecule has 0 aliphatic heterocycles. The van der Waals surface area contributed by atoms with Crippen molar-refractivity contribution < 1.29 is 14.4 Å². The van der Waals surface area contributed by atoms with E-state index in [-0.39, 0.29) is 35.0 Å². The van der Waals surface area contributed by atoms with Crippen LogP contribution in [0, 0.1) is 21.8 Å². The Labute approximate surface area is 115 Å². The largest absolute Gasteiger partial charge is 0.396 e. The van der Waals surface area contributed by atoms with Crippen LogP contribution in [0.25, 0.3) is 0 Å². The van der Waals surface area contributed by atoms with E-state index in [9.17, 15) is 14.5 Å². The Morgan fingerprint density at radius 2 is 2.16 bits per heavy atom. The summed E-state index contributed by atoms with van der Waals surface area (Å²) in [7, 11) is 0. The highest BCUT2D eigenvalue weighted by Gasteiger charge is 2.21. The molecule has 1 atom stereocenters. The fourth-order valence-corrected chi connectivity index (χ4v) is 1.87. The average molecular weight is 291 g/mol. The standard InChI is InChI=1S/C12H16ClFN2O3/c1-7(2)10(3-4-17)15-11-6-9(14)8(13)5-12(11)16(18)19/h5-7,10,15,17H,3-4H2,1-2H3. The molecule has 0 bridgehead atoms. The van der Waals surface area contributed by atoms with E-state index in [0.29, 0.717) is 6.42 Å². The smallest absolute Gasteiger partial charge is 0.294 e. The van der Waals surface area contributed by atoms with Gasteiger partial charge in [0.2, 0.25) is 0 Å². The summed E-state index contributed by atoms with van der Waals surface area (Å²) in [6.07, 6.45) is 0.416. The van der Waals surface area contributed by atoms with E-state index in [2.05, 4.69) is 5.32 Å². The zero-order valence-electron chi connectivity index (χ0n) is 10.7. The van der Waals surface area contributed by atoms with Crippen molar-refractivity contribution in [3.8, 4) is 0 Å². The van der Waals surface area contributed by atoms with Crippen molar-refractivity contribution in [1.82, 2.24) is 0 Å². The van der Waals surface area contributed by atoms with Gasteiger partial charge in [-0.3, -0.25) is 10.1 Å². The molecule has 2 N–H and O–H groups in total. The maximum atomic E-state index is 13.4. The van der Waals surface area contributed by atoms with Gasteiger partial charge in [-0.15, -0.1) is 0 Å². The first kappa shape index (κ1) is 15.7. The van der Waals surface area contributed by atoms with Crippen LogP contribution >= 0.6 is 11.6 Å². The molecular weight excluding hydrogens is 275 g/mol. The lowest BCUT2D eigenvalue weighted by Crippen LogP contribution is -2.27. The van der Waals surface area contributed by atoms with Gasteiger partial charge >= 0.3 is 0 Å². The molecule has 1 rings (SSSR count). The molecule has 0 saturated carbocycles. The summed E-state index contributed by atoms with van der Waals surface area (Å²) >= 11 is 5.54. The minimum Gasteiger partial charge on any atom is -0.396 e. The Bertz CT molecular complexity index is 469. The van der Waals surface area contributed by atoms with Crippen LogP contribution in [0.1, 0.15) is 20.3 Å². The molecule has 0 saturated heterocycles. The SMILES string of the molecule is CC(C)C(CCO)Nc1cc(F)c(Cl)cc1[N+](=O)[O-]. The van der Waals surface area contributed by atoms with Gasteiger partial charge in [0.15, 0.2) is 0 Å². The molecule has 0 aliphatic carbocycles. The van der Waals surface area contributed by atoms with E-state index in [1.165, 1.54) is 0 Å². The maximum Gasteiger partial charge on any atom is 0.294 e. The summed E-state index contributed by atoms with van der Waals surface area (Å²) in [6, 6.07) is 1.80. The zero-order valence-corrected chi connectivity index (χ0v) is 11.4. The summed E-state index contributed by atoms with van der Waals surface area (Å²) in [5, 5.41) is 22.5. The van der Waals surface area contributed by atoms with Gasteiger partial charge in [0.05, 0.1) is 9.95 Å². The minimum absolute atomic E-state index is 0.0558. The van der Waals surface area contributed by atoms with E-state index in [1.807, 2.05) is 13.8 Å². The number of rotatable bonds is 6. The number of nitrogens with zero attached hydrogens (tertiary/aromatic N) is 1. The third kappa shape index (κ3) is 4.04. The molecular formula is C12H16ClFN2O3. The predicted molar refractivity (Wildman–Crippen MR) is 72.0 cm³/mol. The quantitative estimate of drug-likeness (QED) is 0.623. The molecule has 0 fully saturated rings. The van der Waals surface area contributed by atoms with Crippen molar-refractivity contribution >= 4 is 23.0 Å². The topological polar surface area (TPSA) is 75.4 Å². The Balaban J connectivity index is 3.10. The maximum absolute atomic E-state index is 13.4. The van der Waals surface area contributed by atoms with Crippen LogP contribution in [-0.2, 0) is 0 Å². The molecule has 5 nitrogen and oxygen atoms in total. The number of nitro groups is 1. The fourth-order valence-electron chi connectivity index (χ4n) is 1.71. The highest BCUT2D eigenvalue weighted by Crippen LogP contribution is 2.31. The lowest BCUT2D eigenvalue weighted by atomic mass is 10.0. The predicted octanol–water partition coefficient (Wildman–Crippen LogP) is 3.21. The summed E-state index contributed by atoms with van der Waals surface area (Å²) in [5.74, 6) is -0.591. The number of anilines is 1. The molecule has 7 heteroatoms. The van der Waals surface area contributed by atoms with Crippen molar-refractivity contribution in [3.63, 3.8) is 0 Å². The number of nitro benzene ring substituents is 1. The van der Waals surface area contributed by atoms with E-state index < -0.39 is 10.7 Å². The molecule has 0 aromatic heterocycles. The van der Waals surface area contributed by atoms with Crippen LogP contribution in [-0.4, -0.2) is 22.7 Å². The van der Waals surface area contributed by atoms with Crippen molar-refractivity contribution in [2.45, 2.75) is 26.3 Å². The van der Waals surface area contributed by atoms with Crippen LogP contribution < -0.4 is 5.32 Å². The lowest BCUT2D eigenvalue weighted by Gasteiger charge is -2.22. The highest BCUT2D eigenvalue weighted by molar-refractivity contribution is 6.31. The second kappa shape index (κ2) is 6.68. The van der Waals surface area contributed by atoms with Crippen LogP contribution in [0.3, 0.4) is 0 Å². The summed E-state index contributed by atoms with van der Waals surface area (Å²) < 4.78 is 13.4. The summed E-state index contributed by atoms with van der Waals surface area (Å²) in [5.41, 5.74) is -0.214. The van der Waals surface area contributed by atoms with E-state index in [1.54, 1.807) is 0 Å². The number of halogens is 2. The number of aliphatic hydroxyl groups excluding tert-OH is 1. The van der Waals surface area contributed by atoms with Crippen molar-refractivity contribution in [2.75, 3.05) is 11.9 Å². The minimum atomic E-state index is -0.721. The molecule has 0 amide bonds. The van der Waals surface area contributed by atoms with Crippen molar-refractivity contribution in [1.29, 1.82) is 0 Å². The van der Waals surface area contributed by atoms with Crippen LogP contribution in [0.4, 0.5) is 15.8 Å². The normalized spacial score (nSPS) is 12.5. The van der Waals surface area contributed by atoms with Crippen LogP contribution in [0.5, 0.6) is 0 Å². The third-order valence-corrected chi connectivity index (χ3v) is 3.11. The Kier molecular flexibility index (Phi) is 5.50. The van der Waals surface area contributed by atoms with E-state index in [0.717, 1.165) is 12.1 Å². The Morgan fingerprint density at radius 1 is 1.53 bits per heavy atom. The first-order valence-electron chi connectivity index (χ1n) is 5.87. The zero-order chi connectivity index (χ0) is 14.6. The van der Waals surface area contributed by atoms with Gasteiger partial charge in [0.1, 0.15) is 11.5 Å². The number of nitrogens with one attached hydrogen (secondary N) is 1. The fraction of sp³-hybridized carbons (Fsp3) is 0.500. The summed E-state index contributed by atoms with van der Waals surface area (Å²) in [6.45, 7) is 3.76. The van der Waals surface area contributed by atoms with E-state index >= 15 is 0 Å². The molecule has 0 aliphatic rings. The Morgan fingerprint density at radius 3 is 2.63 bits per heavy atom. The van der Waals surface area contributed by atoms with Gasteiger partial charge in [-0.05, 0) is 12.3 Å². The molecule has 1 unspecified atom stereocenters. The van der Waals surface area contributed by atoms with Crippen LogP contribution in [0.15, 0.2) is 12.1 Å². The van der Waals surface area contributed by atoms with Gasteiger partial charge in [-0.1, -0.05) is 25.4 Å². The molecule has 106 valence electrons. The monoisotopic (exact) mass is 290 g/mol. The molecule has 1 aromatic carbocycles. The van der Waals surface area contributed by atoms with Gasteiger partial charge in [0, 0.05) is 24.8 Å². The third-order valence-electron chi connectivity index (χ3n) is 2.82. The second-order valence-corrected chi connectivity index (χ2v) is 4.95. The molecule has 0 radical (unpaired) electrons. The first-order chi connectivity index (χ1) is 8.86. The van der Waals surface area contributed by atoms with Gasteiger partial charge in [-0.25, -0.2) is 4.39 Å². The molecule has 1 aromatic rings. The Hall–Kier alpha value is -1.40. The molecule has 0 spiro atoms. The second-order valence-electron chi connectivity index (χ2n) is 4.55. The van der Waals surface area contributed by atoms with Gasteiger partial charge in [-0.2, -0.15) is 0 Å². The van der Waals surface area contributed by atoms with Crippen molar-refractivity contribution in [3.05, 3.63) is 33.1 Å². The van der Waals surface area contributed by atoms with Crippen molar-refractivity contribution in [2.24, 2.45) is 5.92 Å². The summed E-state index contributed by atoms with van der Waals surface area (Å²) in [4.78, 5) is 10.3. The number of hydrogen-bond acceptors (Lipinski definition) is 4. The number of hydrogen-bond donors (Lipinski definition) is 2. The lowest BCUT2D eigenvalue weighted by molar-refractivity contribution is -0.384. The van der Waals surface area contributed by atoms with Crippen LogP contribution in [0.2, 0.25) is 5.02 Å². The van der Waals surface area contributed by atoms with E-state index in [4.69, 9.17) is 16.7 Å².